The Balaban J connectivity index is 1.67. The first-order valence-electron chi connectivity index (χ1n) is 8.93. The number of aromatic nitrogens is 1. The largest absolute Gasteiger partial charge is 0.510 e. The lowest BCUT2D eigenvalue weighted by Crippen LogP contribution is -2.26. The van der Waals surface area contributed by atoms with Gasteiger partial charge in [0.2, 0.25) is 0 Å². The summed E-state index contributed by atoms with van der Waals surface area (Å²) in [5.41, 5.74) is 6.66. The minimum absolute atomic E-state index is 0.158. The van der Waals surface area contributed by atoms with E-state index in [2.05, 4.69) is 32.0 Å². The van der Waals surface area contributed by atoms with E-state index in [0.29, 0.717) is 15.6 Å². The predicted octanol–water partition coefficient (Wildman–Crippen LogP) is 6.16. The van der Waals surface area contributed by atoms with Crippen LogP contribution in [0.1, 0.15) is 21.7 Å². The summed E-state index contributed by atoms with van der Waals surface area (Å²) in [6.07, 6.45) is 0. The molecule has 28 heavy (non-hydrogen) atoms. The van der Waals surface area contributed by atoms with Gasteiger partial charge in [-0.15, -0.1) is 11.3 Å². The van der Waals surface area contributed by atoms with Gasteiger partial charge in [0, 0.05) is 21.7 Å². The van der Waals surface area contributed by atoms with Crippen LogP contribution in [-0.2, 0) is 0 Å². The molecular weight excluding hydrogens is 390 g/mol. The molecule has 1 aromatic heterocycles. The number of rotatable bonds is 3. The van der Waals surface area contributed by atoms with Crippen LogP contribution in [0.2, 0.25) is 5.02 Å². The van der Waals surface area contributed by atoms with Crippen LogP contribution < -0.4 is 4.90 Å². The highest BCUT2D eigenvalue weighted by Gasteiger charge is 2.32. The maximum absolute atomic E-state index is 10.6. The van der Waals surface area contributed by atoms with Crippen LogP contribution in [-0.4, -0.2) is 22.5 Å². The Bertz CT molecular complexity index is 1130. The van der Waals surface area contributed by atoms with Crippen molar-refractivity contribution in [1.29, 1.82) is 5.41 Å². The number of aliphatic hydroxyl groups is 1. The second-order valence-electron chi connectivity index (χ2n) is 7.02. The molecular formula is C22H20ClN3OS. The van der Waals surface area contributed by atoms with Crippen molar-refractivity contribution >= 4 is 40.0 Å². The maximum Gasteiger partial charge on any atom is 0.139 e. The highest BCUT2D eigenvalue weighted by Crippen LogP contribution is 2.36. The summed E-state index contributed by atoms with van der Waals surface area (Å²) in [6.45, 7) is 6.38. The molecule has 2 aromatic carbocycles. The van der Waals surface area contributed by atoms with E-state index >= 15 is 0 Å². The molecule has 142 valence electrons. The molecule has 0 unspecified atom stereocenters. The molecule has 0 radical (unpaired) electrons. The number of aliphatic hydroxyl groups excluding tert-OH is 1. The Morgan fingerprint density at radius 2 is 1.82 bits per heavy atom. The second-order valence-corrected chi connectivity index (χ2v) is 8.32. The Labute approximate surface area is 173 Å². The standard InChI is InChI=1S/C22H20ClN3OS/c1-12-4-6-15(8-14(12)3)17-11-28-22(25-17)20-19(27)10-26(21(20)24)18-9-16(23)7-5-13(18)2/h4-9,11,24,27H,10H2,1-3H3. The number of hydrogen-bond donors (Lipinski definition) is 2. The first-order chi connectivity index (χ1) is 13.3. The Hall–Kier alpha value is -2.63. The molecule has 0 fully saturated rings. The molecule has 0 aliphatic carbocycles. The van der Waals surface area contributed by atoms with Crippen molar-refractivity contribution in [3.63, 3.8) is 0 Å². The average molecular weight is 410 g/mol. The van der Waals surface area contributed by atoms with Crippen LogP contribution in [0.15, 0.2) is 47.5 Å². The van der Waals surface area contributed by atoms with Gasteiger partial charge in [0.25, 0.3) is 0 Å². The van der Waals surface area contributed by atoms with Gasteiger partial charge in [-0.25, -0.2) is 4.98 Å². The highest BCUT2D eigenvalue weighted by atomic mass is 35.5. The van der Waals surface area contributed by atoms with Gasteiger partial charge in [0.15, 0.2) is 0 Å². The number of benzene rings is 2. The molecule has 0 atom stereocenters. The number of anilines is 1. The van der Waals surface area contributed by atoms with E-state index in [1.807, 2.05) is 30.5 Å². The Morgan fingerprint density at radius 3 is 2.57 bits per heavy atom. The number of hydrogen-bond acceptors (Lipinski definition) is 4. The van der Waals surface area contributed by atoms with E-state index in [1.165, 1.54) is 22.5 Å². The molecule has 0 spiro atoms. The molecule has 0 bridgehead atoms. The van der Waals surface area contributed by atoms with Gasteiger partial charge in [0.1, 0.15) is 16.6 Å². The number of aryl methyl sites for hydroxylation is 3. The zero-order valence-electron chi connectivity index (χ0n) is 15.9. The van der Waals surface area contributed by atoms with Crippen molar-refractivity contribution in [2.45, 2.75) is 20.8 Å². The topological polar surface area (TPSA) is 60.2 Å². The van der Waals surface area contributed by atoms with Gasteiger partial charge < -0.3 is 10.0 Å². The highest BCUT2D eigenvalue weighted by molar-refractivity contribution is 7.11. The second kappa shape index (κ2) is 7.08. The van der Waals surface area contributed by atoms with Crippen LogP contribution in [0.25, 0.3) is 16.8 Å². The monoisotopic (exact) mass is 409 g/mol. The zero-order chi connectivity index (χ0) is 20.0. The van der Waals surface area contributed by atoms with Gasteiger partial charge in [-0.2, -0.15) is 0 Å². The van der Waals surface area contributed by atoms with Crippen molar-refractivity contribution in [1.82, 2.24) is 4.98 Å². The van der Waals surface area contributed by atoms with E-state index in [1.54, 1.807) is 4.90 Å². The molecule has 4 rings (SSSR count). The number of thiazole rings is 1. The van der Waals surface area contributed by atoms with Crippen molar-refractivity contribution in [3.8, 4) is 11.3 Å². The molecule has 0 amide bonds. The smallest absolute Gasteiger partial charge is 0.139 e. The van der Waals surface area contributed by atoms with E-state index < -0.39 is 0 Å². The molecule has 1 aliphatic heterocycles. The number of amidine groups is 1. The molecule has 1 aliphatic rings. The molecule has 0 saturated carbocycles. The minimum Gasteiger partial charge on any atom is -0.510 e. The van der Waals surface area contributed by atoms with Crippen molar-refractivity contribution < 1.29 is 5.11 Å². The van der Waals surface area contributed by atoms with Crippen molar-refractivity contribution in [3.05, 3.63) is 74.3 Å². The molecule has 6 heteroatoms. The van der Waals surface area contributed by atoms with E-state index in [9.17, 15) is 5.11 Å². The summed E-state index contributed by atoms with van der Waals surface area (Å²) in [5, 5.41) is 22.5. The summed E-state index contributed by atoms with van der Waals surface area (Å²) in [4.78, 5) is 6.48. The summed E-state index contributed by atoms with van der Waals surface area (Å²) < 4.78 is 0. The normalized spacial score (nSPS) is 14.3. The SMILES string of the molecule is Cc1ccc(-c2csc(C3=C(O)CN(c4cc(Cl)ccc4C)C3=N)n2)cc1C. The number of nitrogens with one attached hydrogen (secondary N) is 1. The van der Waals surface area contributed by atoms with Crippen LogP contribution in [0.3, 0.4) is 0 Å². The first kappa shape index (κ1) is 18.7. The summed E-state index contributed by atoms with van der Waals surface area (Å²) in [7, 11) is 0. The minimum atomic E-state index is 0.158. The third kappa shape index (κ3) is 3.21. The summed E-state index contributed by atoms with van der Waals surface area (Å²) in [5.74, 6) is 0.397. The number of halogens is 1. The Kier molecular flexibility index (Phi) is 4.73. The molecule has 3 aromatic rings. The molecule has 2 N–H and O–H groups in total. The lowest BCUT2D eigenvalue weighted by molar-refractivity contribution is 0.411. The predicted molar refractivity (Wildman–Crippen MR) is 118 cm³/mol. The van der Waals surface area contributed by atoms with Gasteiger partial charge in [-0.1, -0.05) is 29.8 Å². The van der Waals surface area contributed by atoms with E-state index in [-0.39, 0.29) is 18.1 Å². The van der Waals surface area contributed by atoms with E-state index in [0.717, 1.165) is 22.5 Å². The molecule has 4 nitrogen and oxygen atoms in total. The lowest BCUT2D eigenvalue weighted by atomic mass is 10.1. The average Bonchev–Trinajstić information content (AvgIpc) is 3.24. The van der Waals surface area contributed by atoms with Crippen LogP contribution in [0.5, 0.6) is 0 Å². The lowest BCUT2D eigenvalue weighted by Gasteiger charge is -2.21. The maximum atomic E-state index is 10.6. The van der Waals surface area contributed by atoms with Gasteiger partial charge >= 0.3 is 0 Å². The van der Waals surface area contributed by atoms with Crippen molar-refractivity contribution in [2.75, 3.05) is 11.4 Å². The van der Waals surface area contributed by atoms with Gasteiger partial charge in [0.05, 0.1) is 17.8 Å². The summed E-state index contributed by atoms with van der Waals surface area (Å²) in [6, 6.07) is 11.8. The third-order valence-electron chi connectivity index (χ3n) is 5.09. The van der Waals surface area contributed by atoms with E-state index in [4.69, 9.17) is 22.0 Å². The number of nitrogens with zero attached hydrogens (tertiary/aromatic N) is 2. The fourth-order valence-corrected chi connectivity index (χ4v) is 4.37. The quantitative estimate of drug-likeness (QED) is 0.544. The fourth-order valence-electron chi connectivity index (χ4n) is 3.31. The Morgan fingerprint density at radius 1 is 1.07 bits per heavy atom. The summed E-state index contributed by atoms with van der Waals surface area (Å²) >= 11 is 7.59. The van der Waals surface area contributed by atoms with Crippen molar-refractivity contribution in [2.24, 2.45) is 0 Å². The first-order valence-corrected chi connectivity index (χ1v) is 10.2. The zero-order valence-corrected chi connectivity index (χ0v) is 17.4. The molecule has 2 heterocycles. The van der Waals surface area contributed by atoms with Crippen LogP contribution in [0, 0.1) is 26.2 Å². The van der Waals surface area contributed by atoms with Crippen LogP contribution in [0.4, 0.5) is 5.69 Å². The van der Waals surface area contributed by atoms with Crippen LogP contribution >= 0.6 is 22.9 Å². The fraction of sp³-hybridized carbons (Fsp3) is 0.182. The van der Waals surface area contributed by atoms with Gasteiger partial charge in [-0.05, 0) is 55.7 Å². The third-order valence-corrected chi connectivity index (χ3v) is 6.18. The molecule has 0 saturated heterocycles. The van der Waals surface area contributed by atoms with Gasteiger partial charge in [-0.3, -0.25) is 5.41 Å².